The Balaban J connectivity index is 1.16. The van der Waals surface area contributed by atoms with E-state index in [4.69, 9.17) is 37.9 Å². The molecule has 0 amide bonds. The number of benzene rings is 6. The van der Waals surface area contributed by atoms with Crippen LogP contribution in [0.15, 0.2) is 187 Å². The van der Waals surface area contributed by atoms with Crippen LogP contribution in [0.4, 0.5) is 0 Å². The second-order valence-corrected chi connectivity index (χ2v) is 15.9. The van der Waals surface area contributed by atoms with E-state index in [1.54, 1.807) is 152 Å². The first-order valence-corrected chi connectivity index (χ1v) is 21.6. The highest BCUT2D eigenvalue weighted by Crippen LogP contribution is 2.40. The minimum absolute atomic E-state index is 0.169. The van der Waals surface area contributed by atoms with E-state index in [9.17, 15) is 24.0 Å². The van der Waals surface area contributed by atoms with Crippen LogP contribution < -0.4 is 0 Å². The van der Waals surface area contributed by atoms with Crippen LogP contribution in [0, 0.1) is 0 Å². The molecular formula is C51H42O13S. The summed E-state index contributed by atoms with van der Waals surface area (Å²) in [5.74, 6) is -3.64. The van der Waals surface area contributed by atoms with E-state index < -0.39 is 84.8 Å². The van der Waals surface area contributed by atoms with Gasteiger partial charge in [-0.3, -0.25) is 0 Å². The summed E-state index contributed by atoms with van der Waals surface area (Å²) < 4.78 is 49.8. The molecule has 2 heterocycles. The van der Waals surface area contributed by atoms with Gasteiger partial charge in [-0.2, -0.15) is 0 Å². The lowest BCUT2D eigenvalue weighted by atomic mass is 10.1. The van der Waals surface area contributed by atoms with Gasteiger partial charge >= 0.3 is 29.8 Å². The summed E-state index contributed by atoms with van der Waals surface area (Å²) in [7, 11) is 0. The minimum Gasteiger partial charge on any atom is -0.459 e. The van der Waals surface area contributed by atoms with Crippen molar-refractivity contribution in [3.63, 3.8) is 0 Å². The third kappa shape index (κ3) is 11.4. The van der Waals surface area contributed by atoms with Crippen molar-refractivity contribution in [2.75, 3.05) is 13.2 Å². The molecule has 8 rings (SSSR count). The first-order valence-electron chi connectivity index (χ1n) is 20.7. The van der Waals surface area contributed by atoms with Gasteiger partial charge in [0.2, 0.25) is 0 Å². The monoisotopic (exact) mass is 894 g/mol. The molecule has 0 aliphatic carbocycles. The van der Waals surface area contributed by atoms with Gasteiger partial charge in [-0.05, 0) is 72.8 Å². The molecule has 65 heavy (non-hydrogen) atoms. The smallest absolute Gasteiger partial charge is 0.338 e. The molecule has 6 aromatic carbocycles. The minimum atomic E-state index is -1.59. The number of esters is 5. The summed E-state index contributed by atoms with van der Waals surface area (Å²) in [6, 6.07) is 50.5. The molecular weight excluding hydrogens is 853 g/mol. The number of hydrogen-bond acceptors (Lipinski definition) is 14. The predicted octanol–water partition coefficient (Wildman–Crippen LogP) is 8.00. The van der Waals surface area contributed by atoms with Crippen LogP contribution in [0.1, 0.15) is 51.8 Å². The summed E-state index contributed by atoms with van der Waals surface area (Å²) in [5, 5.41) is 0. The standard InChI is InChI=1S/C51H42O13S/c52-45(33-19-7-1-8-20-33)57-31-39-41(61-47(54)35-23-11-3-12-24-35)43(62-48(55)36-25-13-4-14-26-36)50(59-39)64-42-40(32-58-46(53)34-21-9-2-10-22-34)60-51(65-38-29-17-6-18-30-38)44(42)63-49(56)37-27-15-5-16-28-37/h1-30,39-44,50-51H,31-32H2/t39-,40-,41-,42-,43+,44+,50-,51-/m0/s1. The Morgan fingerprint density at radius 1 is 0.385 bits per heavy atom. The average molecular weight is 895 g/mol. The van der Waals surface area contributed by atoms with Gasteiger partial charge in [0.15, 0.2) is 24.6 Å². The SMILES string of the molecule is O=C(OC[C@@H]1O[C@@H](Sc2ccccc2)[C@H](OC(=O)c2ccccc2)[C@H]1O[C@@H]1O[C@@H](COC(=O)c2ccccc2)[C@H](OC(=O)c2ccccc2)[C@H]1OC(=O)c1ccccc1)c1ccccc1. The van der Waals surface area contributed by atoms with Gasteiger partial charge in [0.1, 0.15) is 37.0 Å². The van der Waals surface area contributed by atoms with E-state index in [2.05, 4.69) is 0 Å². The van der Waals surface area contributed by atoms with Crippen molar-refractivity contribution >= 4 is 41.6 Å². The first kappa shape index (κ1) is 44.5. The molecule has 2 fully saturated rings. The normalized spacial score (nSPS) is 22.3. The van der Waals surface area contributed by atoms with Crippen LogP contribution in [0.3, 0.4) is 0 Å². The van der Waals surface area contributed by atoms with E-state index in [1.165, 1.54) is 11.8 Å². The molecule has 330 valence electrons. The van der Waals surface area contributed by atoms with E-state index in [0.29, 0.717) is 0 Å². The van der Waals surface area contributed by atoms with Crippen molar-refractivity contribution in [1.82, 2.24) is 0 Å². The third-order valence-corrected chi connectivity index (χ3v) is 11.5. The summed E-state index contributed by atoms with van der Waals surface area (Å²) in [4.78, 5) is 69.0. The van der Waals surface area contributed by atoms with Crippen LogP contribution in [-0.4, -0.2) is 91.4 Å². The molecule has 2 aliphatic rings. The van der Waals surface area contributed by atoms with Gasteiger partial charge in [0.25, 0.3) is 0 Å². The fourth-order valence-electron chi connectivity index (χ4n) is 7.13. The Morgan fingerprint density at radius 3 is 1.14 bits per heavy atom. The maximum atomic E-state index is 13.9. The molecule has 0 aromatic heterocycles. The van der Waals surface area contributed by atoms with Crippen LogP contribution in [0.5, 0.6) is 0 Å². The zero-order valence-electron chi connectivity index (χ0n) is 34.6. The van der Waals surface area contributed by atoms with Gasteiger partial charge in [0.05, 0.1) is 27.8 Å². The molecule has 14 heteroatoms. The molecule has 2 saturated heterocycles. The number of thioether (sulfide) groups is 1. The van der Waals surface area contributed by atoms with Gasteiger partial charge in [-0.1, -0.05) is 121 Å². The van der Waals surface area contributed by atoms with E-state index in [0.717, 1.165) is 4.90 Å². The highest BCUT2D eigenvalue weighted by atomic mass is 32.2. The number of carbonyl (C=O) groups excluding carboxylic acids is 5. The molecule has 2 aliphatic heterocycles. The van der Waals surface area contributed by atoms with Crippen molar-refractivity contribution in [3.05, 3.63) is 210 Å². The largest absolute Gasteiger partial charge is 0.459 e. The predicted molar refractivity (Wildman–Crippen MR) is 235 cm³/mol. The topological polar surface area (TPSA) is 159 Å². The molecule has 0 spiro atoms. The summed E-state index contributed by atoms with van der Waals surface area (Å²) in [6.07, 6.45) is -9.43. The molecule has 0 N–H and O–H groups in total. The zero-order valence-corrected chi connectivity index (χ0v) is 35.4. The Kier molecular flexibility index (Phi) is 14.7. The van der Waals surface area contributed by atoms with Crippen molar-refractivity contribution in [2.45, 2.75) is 53.2 Å². The number of ether oxygens (including phenoxy) is 8. The summed E-state index contributed by atoms with van der Waals surface area (Å²) >= 11 is 1.24. The molecule has 0 radical (unpaired) electrons. The molecule has 13 nitrogen and oxygen atoms in total. The maximum Gasteiger partial charge on any atom is 0.338 e. The van der Waals surface area contributed by atoms with Gasteiger partial charge < -0.3 is 37.9 Å². The molecule has 0 bridgehead atoms. The zero-order chi connectivity index (χ0) is 45.0. The highest BCUT2D eigenvalue weighted by molar-refractivity contribution is 7.99. The number of carbonyl (C=O) groups is 5. The lowest BCUT2D eigenvalue weighted by molar-refractivity contribution is -0.215. The number of rotatable bonds is 16. The Bertz CT molecular complexity index is 2510. The molecule has 6 aromatic rings. The molecule has 0 unspecified atom stereocenters. The van der Waals surface area contributed by atoms with Crippen molar-refractivity contribution in [1.29, 1.82) is 0 Å². The van der Waals surface area contributed by atoms with E-state index in [1.807, 2.05) is 30.3 Å². The second kappa shape index (κ2) is 21.5. The third-order valence-electron chi connectivity index (χ3n) is 10.4. The van der Waals surface area contributed by atoms with Gasteiger partial charge in [-0.15, -0.1) is 0 Å². The first-order chi connectivity index (χ1) is 31.8. The lowest BCUT2D eigenvalue weighted by Crippen LogP contribution is -2.47. The van der Waals surface area contributed by atoms with E-state index >= 15 is 0 Å². The Labute approximate surface area is 378 Å². The summed E-state index contributed by atoms with van der Waals surface area (Å²) in [5.41, 5.74) is 0.188. The Hall–Kier alpha value is -7.10. The molecule has 0 saturated carbocycles. The van der Waals surface area contributed by atoms with Crippen LogP contribution in [-0.2, 0) is 37.9 Å². The van der Waals surface area contributed by atoms with Crippen LogP contribution in [0.25, 0.3) is 0 Å². The average Bonchev–Trinajstić information content (AvgIpc) is 3.85. The molecule has 8 atom stereocenters. The summed E-state index contributed by atoms with van der Waals surface area (Å²) in [6.45, 7) is -0.854. The van der Waals surface area contributed by atoms with E-state index in [-0.39, 0.29) is 34.4 Å². The fourth-order valence-corrected chi connectivity index (χ4v) is 8.25. The second-order valence-electron chi connectivity index (χ2n) is 14.8. The highest BCUT2D eigenvalue weighted by Gasteiger charge is 2.56. The van der Waals surface area contributed by atoms with Crippen LogP contribution >= 0.6 is 11.8 Å². The van der Waals surface area contributed by atoms with Crippen LogP contribution in [0.2, 0.25) is 0 Å². The van der Waals surface area contributed by atoms with Crippen molar-refractivity contribution in [3.8, 4) is 0 Å². The lowest BCUT2D eigenvalue weighted by Gasteiger charge is -2.29. The quantitative estimate of drug-likeness (QED) is 0.0679. The van der Waals surface area contributed by atoms with Crippen molar-refractivity contribution < 1.29 is 61.9 Å². The Morgan fingerprint density at radius 2 is 0.723 bits per heavy atom. The maximum absolute atomic E-state index is 13.9. The van der Waals surface area contributed by atoms with Crippen molar-refractivity contribution in [2.24, 2.45) is 0 Å². The van der Waals surface area contributed by atoms with Gasteiger partial charge in [-0.25, -0.2) is 24.0 Å². The fraction of sp³-hybridized carbons (Fsp3) is 0.196. The van der Waals surface area contributed by atoms with Gasteiger partial charge in [0, 0.05) is 4.90 Å². The number of hydrogen-bond donors (Lipinski definition) is 0.